The fourth-order valence-electron chi connectivity index (χ4n) is 2.50. The molecule has 1 amide bonds. The summed E-state index contributed by atoms with van der Waals surface area (Å²) in [6, 6.07) is 9.84. The van der Waals surface area contributed by atoms with Crippen LogP contribution in [0.15, 0.2) is 41.1 Å². The Morgan fingerprint density at radius 1 is 1.33 bits per heavy atom. The van der Waals surface area contributed by atoms with E-state index in [2.05, 4.69) is 10.7 Å². The van der Waals surface area contributed by atoms with E-state index in [0.29, 0.717) is 19.6 Å². The maximum atomic E-state index is 12.1. The molecule has 0 atom stereocenters. The van der Waals surface area contributed by atoms with Crippen LogP contribution in [0.2, 0.25) is 0 Å². The predicted molar refractivity (Wildman–Crippen MR) is 96.4 cm³/mol. The average Bonchev–Trinajstić information content (AvgIpc) is 3.08. The molecule has 6 heteroatoms. The van der Waals surface area contributed by atoms with E-state index in [1.807, 2.05) is 40.6 Å². The van der Waals surface area contributed by atoms with E-state index in [0.717, 1.165) is 23.3 Å². The van der Waals surface area contributed by atoms with E-state index in [1.54, 1.807) is 18.4 Å². The normalized spacial score (nSPS) is 10.8. The molecule has 0 unspecified atom stereocenters. The molecule has 130 valence electrons. The van der Waals surface area contributed by atoms with Crippen molar-refractivity contribution in [2.75, 3.05) is 33.4 Å². The highest BCUT2D eigenvalue weighted by Gasteiger charge is 2.11. The first-order chi connectivity index (χ1) is 11.7. The van der Waals surface area contributed by atoms with Gasteiger partial charge in [0.1, 0.15) is 5.75 Å². The molecule has 0 aliphatic heterocycles. The molecule has 0 saturated heterocycles. The van der Waals surface area contributed by atoms with Crippen LogP contribution in [0.3, 0.4) is 0 Å². The van der Waals surface area contributed by atoms with Gasteiger partial charge in [-0.3, -0.25) is 9.69 Å². The van der Waals surface area contributed by atoms with Gasteiger partial charge in [0.15, 0.2) is 0 Å². The standard InChI is InChI=1S/C18H24N2O3S/c1-23-17-5-3-2-4-16(17)6-8-19-18(22)13-20(9-10-21)12-15-7-11-24-14-15/h2-5,7,11,14,21H,6,8-10,12-13H2,1H3,(H,19,22). The van der Waals surface area contributed by atoms with Gasteiger partial charge in [-0.15, -0.1) is 0 Å². The lowest BCUT2D eigenvalue weighted by molar-refractivity contribution is -0.122. The van der Waals surface area contributed by atoms with Crippen molar-refractivity contribution in [1.82, 2.24) is 10.2 Å². The summed E-state index contributed by atoms with van der Waals surface area (Å²) in [7, 11) is 1.65. The molecular weight excluding hydrogens is 324 g/mol. The zero-order chi connectivity index (χ0) is 17.2. The second-order valence-electron chi connectivity index (χ2n) is 5.48. The number of amides is 1. The van der Waals surface area contributed by atoms with Crippen LogP contribution in [-0.4, -0.2) is 49.3 Å². The number of para-hydroxylation sites is 1. The summed E-state index contributed by atoms with van der Waals surface area (Å²) in [6.45, 7) is 2.03. The molecule has 0 bridgehead atoms. The molecule has 0 aliphatic rings. The minimum Gasteiger partial charge on any atom is -0.496 e. The Kier molecular flexibility index (Phi) is 7.74. The topological polar surface area (TPSA) is 61.8 Å². The van der Waals surface area contributed by atoms with Crippen LogP contribution in [0.5, 0.6) is 5.75 Å². The van der Waals surface area contributed by atoms with Gasteiger partial charge in [-0.2, -0.15) is 11.3 Å². The van der Waals surface area contributed by atoms with E-state index in [1.165, 1.54) is 0 Å². The molecule has 0 aliphatic carbocycles. The van der Waals surface area contributed by atoms with Crippen LogP contribution >= 0.6 is 11.3 Å². The van der Waals surface area contributed by atoms with Gasteiger partial charge >= 0.3 is 0 Å². The summed E-state index contributed by atoms with van der Waals surface area (Å²) in [5.41, 5.74) is 2.24. The number of carbonyl (C=O) groups is 1. The SMILES string of the molecule is COc1ccccc1CCNC(=O)CN(CCO)Cc1ccsc1. The molecule has 2 rings (SSSR count). The van der Waals surface area contributed by atoms with Crippen molar-refractivity contribution in [3.05, 3.63) is 52.2 Å². The Balaban J connectivity index is 1.78. The van der Waals surface area contributed by atoms with Crippen molar-refractivity contribution < 1.29 is 14.6 Å². The van der Waals surface area contributed by atoms with Gasteiger partial charge in [-0.05, 0) is 40.4 Å². The van der Waals surface area contributed by atoms with Crippen molar-refractivity contribution in [2.45, 2.75) is 13.0 Å². The van der Waals surface area contributed by atoms with Crippen LogP contribution < -0.4 is 10.1 Å². The van der Waals surface area contributed by atoms with Crippen molar-refractivity contribution in [2.24, 2.45) is 0 Å². The number of nitrogens with one attached hydrogen (secondary N) is 1. The monoisotopic (exact) mass is 348 g/mol. The van der Waals surface area contributed by atoms with Crippen LogP contribution in [0.1, 0.15) is 11.1 Å². The highest BCUT2D eigenvalue weighted by Crippen LogP contribution is 2.17. The van der Waals surface area contributed by atoms with Crippen LogP contribution in [0.25, 0.3) is 0 Å². The van der Waals surface area contributed by atoms with Gasteiger partial charge in [-0.1, -0.05) is 18.2 Å². The molecule has 0 spiro atoms. The number of carbonyl (C=O) groups excluding carboxylic acids is 1. The number of methoxy groups -OCH3 is 1. The zero-order valence-corrected chi connectivity index (χ0v) is 14.7. The van der Waals surface area contributed by atoms with E-state index in [-0.39, 0.29) is 19.1 Å². The molecule has 0 radical (unpaired) electrons. The van der Waals surface area contributed by atoms with Crippen LogP contribution in [0, 0.1) is 0 Å². The summed E-state index contributed by atoms with van der Waals surface area (Å²) in [5.74, 6) is 0.805. The maximum Gasteiger partial charge on any atom is 0.234 e. The predicted octanol–water partition coefficient (Wildman–Crippen LogP) is 1.91. The summed E-state index contributed by atoms with van der Waals surface area (Å²) in [6.07, 6.45) is 0.723. The molecule has 2 aromatic rings. The summed E-state index contributed by atoms with van der Waals surface area (Å²) >= 11 is 1.63. The Hall–Kier alpha value is -1.89. The van der Waals surface area contributed by atoms with Crippen molar-refractivity contribution in [3.8, 4) is 5.75 Å². The fraction of sp³-hybridized carbons (Fsp3) is 0.389. The lowest BCUT2D eigenvalue weighted by Gasteiger charge is -2.20. The summed E-state index contributed by atoms with van der Waals surface area (Å²) < 4.78 is 5.31. The highest BCUT2D eigenvalue weighted by molar-refractivity contribution is 7.07. The number of thiophene rings is 1. The molecule has 0 fully saturated rings. The van der Waals surface area contributed by atoms with E-state index in [9.17, 15) is 9.90 Å². The summed E-state index contributed by atoms with van der Waals surface area (Å²) in [4.78, 5) is 14.1. The van der Waals surface area contributed by atoms with Gasteiger partial charge < -0.3 is 15.2 Å². The third-order valence-corrected chi connectivity index (χ3v) is 4.41. The molecule has 2 N–H and O–H groups in total. The van der Waals surface area contributed by atoms with Crippen molar-refractivity contribution >= 4 is 17.2 Å². The minimum absolute atomic E-state index is 0.0337. The average molecular weight is 348 g/mol. The first-order valence-corrected chi connectivity index (χ1v) is 8.90. The van der Waals surface area contributed by atoms with Gasteiger partial charge in [0.25, 0.3) is 0 Å². The van der Waals surface area contributed by atoms with Crippen LogP contribution in [-0.2, 0) is 17.8 Å². The Morgan fingerprint density at radius 2 is 2.17 bits per heavy atom. The smallest absolute Gasteiger partial charge is 0.234 e. The Bertz CT molecular complexity index is 616. The number of hydrogen-bond acceptors (Lipinski definition) is 5. The second-order valence-corrected chi connectivity index (χ2v) is 6.26. The van der Waals surface area contributed by atoms with E-state index in [4.69, 9.17) is 4.74 Å². The first kappa shape index (κ1) is 18.4. The quantitative estimate of drug-likeness (QED) is 0.689. The van der Waals surface area contributed by atoms with Gasteiger partial charge in [-0.25, -0.2) is 0 Å². The largest absolute Gasteiger partial charge is 0.496 e. The molecule has 1 aromatic carbocycles. The maximum absolute atomic E-state index is 12.1. The van der Waals surface area contributed by atoms with E-state index >= 15 is 0 Å². The number of hydrogen-bond donors (Lipinski definition) is 2. The van der Waals surface area contributed by atoms with Crippen molar-refractivity contribution in [1.29, 1.82) is 0 Å². The zero-order valence-electron chi connectivity index (χ0n) is 13.9. The van der Waals surface area contributed by atoms with Gasteiger partial charge in [0.2, 0.25) is 5.91 Å². The molecular formula is C18H24N2O3S. The molecule has 24 heavy (non-hydrogen) atoms. The number of aliphatic hydroxyl groups excluding tert-OH is 1. The third-order valence-electron chi connectivity index (χ3n) is 3.68. The number of ether oxygens (including phenoxy) is 1. The second kappa shape index (κ2) is 10.1. The molecule has 5 nitrogen and oxygen atoms in total. The van der Waals surface area contributed by atoms with Gasteiger partial charge in [0, 0.05) is 19.6 Å². The minimum atomic E-state index is -0.0337. The molecule has 1 aromatic heterocycles. The fourth-order valence-corrected chi connectivity index (χ4v) is 3.16. The number of nitrogens with zero attached hydrogens (tertiary/aromatic N) is 1. The summed E-state index contributed by atoms with van der Waals surface area (Å²) in [5, 5.41) is 16.2. The highest BCUT2D eigenvalue weighted by atomic mass is 32.1. The first-order valence-electron chi connectivity index (χ1n) is 7.96. The lowest BCUT2D eigenvalue weighted by Crippen LogP contribution is -2.38. The molecule has 0 saturated carbocycles. The Morgan fingerprint density at radius 3 is 2.88 bits per heavy atom. The molecule has 1 heterocycles. The van der Waals surface area contributed by atoms with Crippen molar-refractivity contribution in [3.63, 3.8) is 0 Å². The number of benzene rings is 1. The lowest BCUT2D eigenvalue weighted by atomic mass is 10.1. The number of aliphatic hydroxyl groups is 1. The Labute approximate surface area is 146 Å². The third kappa shape index (κ3) is 5.96. The number of rotatable bonds is 10. The van der Waals surface area contributed by atoms with Gasteiger partial charge in [0.05, 0.1) is 20.3 Å². The van der Waals surface area contributed by atoms with Crippen LogP contribution in [0.4, 0.5) is 0 Å². The van der Waals surface area contributed by atoms with E-state index < -0.39 is 0 Å².